The van der Waals surface area contributed by atoms with Crippen LogP contribution in [0.4, 0.5) is 8.78 Å². The molecule has 0 bridgehead atoms. The molecule has 4 rings (SSSR count). The summed E-state index contributed by atoms with van der Waals surface area (Å²) in [6.07, 6.45) is 1.99. The number of fused-ring (bicyclic) bond motifs is 1. The Hall–Kier alpha value is -3.27. The molecular weight excluding hydrogens is 374 g/mol. The van der Waals surface area contributed by atoms with Crippen LogP contribution in [0, 0.1) is 6.92 Å². The Morgan fingerprint density at radius 3 is 2.78 bits per heavy atom. The van der Waals surface area contributed by atoms with Gasteiger partial charge in [-0.2, -0.15) is 0 Å². The summed E-state index contributed by atoms with van der Waals surface area (Å²) >= 11 is 1.41. The van der Waals surface area contributed by atoms with Gasteiger partial charge in [0.1, 0.15) is 5.69 Å². The monoisotopic (exact) mass is 386 g/mol. The van der Waals surface area contributed by atoms with Gasteiger partial charge in [0.15, 0.2) is 10.8 Å². The zero-order valence-corrected chi connectivity index (χ0v) is 14.7. The van der Waals surface area contributed by atoms with E-state index in [-0.39, 0.29) is 5.69 Å². The first kappa shape index (κ1) is 17.2. The Bertz CT molecular complexity index is 1130. The van der Waals surface area contributed by atoms with E-state index < -0.39 is 12.3 Å². The highest BCUT2D eigenvalue weighted by Crippen LogP contribution is 2.21. The van der Waals surface area contributed by atoms with Crippen molar-refractivity contribution in [3.8, 4) is 10.8 Å². The van der Waals surface area contributed by atoms with Crippen molar-refractivity contribution in [2.75, 3.05) is 5.43 Å². The molecule has 0 saturated heterocycles. The number of hydrogen-bond acceptors (Lipinski definition) is 6. The Balaban J connectivity index is 1.60. The quantitative estimate of drug-likeness (QED) is 0.579. The number of alkyl halides is 2. The van der Waals surface area contributed by atoms with Crippen LogP contribution in [-0.2, 0) is 0 Å². The van der Waals surface area contributed by atoms with Crippen LogP contribution in [0.5, 0.6) is 0 Å². The smallest absolute Gasteiger partial charge is 0.267 e. The lowest BCUT2D eigenvalue weighted by Gasteiger charge is -2.10. The molecule has 136 valence electrons. The second-order valence-electron chi connectivity index (χ2n) is 5.60. The molecule has 0 fully saturated rings. The van der Waals surface area contributed by atoms with Crippen molar-refractivity contribution in [3.63, 3.8) is 0 Å². The maximum Gasteiger partial charge on any atom is 0.280 e. The number of carbonyl (C=O) groups is 1. The molecule has 0 atom stereocenters. The van der Waals surface area contributed by atoms with Crippen molar-refractivity contribution in [3.05, 3.63) is 59.1 Å². The Morgan fingerprint density at radius 2 is 2.07 bits per heavy atom. The molecule has 4 aromatic rings. The third-order valence-corrected chi connectivity index (χ3v) is 4.63. The van der Waals surface area contributed by atoms with Crippen molar-refractivity contribution in [1.82, 2.24) is 24.6 Å². The molecule has 0 unspecified atom stereocenters. The molecule has 10 heteroatoms. The summed E-state index contributed by atoms with van der Waals surface area (Å²) in [6.45, 7) is 1.71. The van der Waals surface area contributed by atoms with Gasteiger partial charge in [0.2, 0.25) is 0 Å². The molecule has 0 spiro atoms. The molecule has 4 heterocycles. The van der Waals surface area contributed by atoms with Gasteiger partial charge in [-0.05, 0) is 25.1 Å². The van der Waals surface area contributed by atoms with E-state index in [1.165, 1.54) is 34.3 Å². The summed E-state index contributed by atoms with van der Waals surface area (Å²) in [5, 5.41) is 2.49. The molecule has 0 aliphatic carbocycles. The number of carbonyl (C=O) groups excluding carboxylic acids is 1. The second-order valence-corrected chi connectivity index (χ2v) is 6.49. The fraction of sp³-hybridized carbons (Fsp3) is 0.118. The number of rotatable bonds is 4. The van der Waals surface area contributed by atoms with Gasteiger partial charge in [0, 0.05) is 24.0 Å². The van der Waals surface area contributed by atoms with Crippen molar-refractivity contribution in [2.45, 2.75) is 13.3 Å². The van der Waals surface area contributed by atoms with Crippen molar-refractivity contribution >= 4 is 28.3 Å². The average Bonchev–Trinajstić information content (AvgIpc) is 3.31. The predicted molar refractivity (Wildman–Crippen MR) is 96.3 cm³/mol. The van der Waals surface area contributed by atoms with Crippen LogP contribution in [-0.4, -0.2) is 30.5 Å². The summed E-state index contributed by atoms with van der Waals surface area (Å²) in [5.41, 5.74) is 4.04. The second kappa shape index (κ2) is 6.80. The van der Waals surface area contributed by atoms with Gasteiger partial charge < -0.3 is 0 Å². The van der Waals surface area contributed by atoms with Crippen molar-refractivity contribution < 1.29 is 13.6 Å². The van der Waals surface area contributed by atoms with Gasteiger partial charge in [-0.1, -0.05) is 0 Å². The van der Waals surface area contributed by atoms with Crippen LogP contribution in [0.1, 0.15) is 28.2 Å². The predicted octanol–water partition coefficient (Wildman–Crippen LogP) is 3.58. The van der Waals surface area contributed by atoms with E-state index in [2.05, 4.69) is 25.4 Å². The highest BCUT2D eigenvalue weighted by molar-refractivity contribution is 7.12. The maximum absolute atomic E-state index is 12.8. The zero-order valence-electron chi connectivity index (χ0n) is 13.9. The first-order chi connectivity index (χ1) is 13.0. The van der Waals surface area contributed by atoms with E-state index in [9.17, 15) is 13.6 Å². The molecule has 0 aliphatic heterocycles. The normalized spacial score (nSPS) is 11.3. The van der Waals surface area contributed by atoms with E-state index in [0.717, 1.165) is 0 Å². The van der Waals surface area contributed by atoms with Crippen LogP contribution in [0.2, 0.25) is 0 Å². The fourth-order valence-electron chi connectivity index (χ4n) is 2.55. The van der Waals surface area contributed by atoms with Crippen LogP contribution in [0.15, 0.2) is 42.2 Å². The van der Waals surface area contributed by atoms with Gasteiger partial charge in [-0.15, -0.1) is 11.3 Å². The molecule has 7 nitrogen and oxygen atoms in total. The third-order valence-electron chi connectivity index (χ3n) is 3.86. The summed E-state index contributed by atoms with van der Waals surface area (Å²) in [5.74, 6) is 0.0304. The molecule has 0 saturated carbocycles. The number of aromatic nitrogens is 5. The number of halogens is 2. The summed E-state index contributed by atoms with van der Waals surface area (Å²) in [4.78, 5) is 29.1. The largest absolute Gasteiger partial charge is 0.280 e. The van der Waals surface area contributed by atoms with Crippen molar-refractivity contribution in [2.24, 2.45) is 0 Å². The lowest BCUT2D eigenvalue weighted by Crippen LogP contribution is -2.23. The van der Waals surface area contributed by atoms with Crippen LogP contribution in [0.3, 0.4) is 0 Å². The first-order valence-electron chi connectivity index (χ1n) is 7.84. The minimum absolute atomic E-state index is 0.300. The van der Waals surface area contributed by atoms with Crippen molar-refractivity contribution in [1.29, 1.82) is 0 Å². The lowest BCUT2D eigenvalue weighted by molar-refractivity contribution is 0.101. The number of pyridine rings is 1. The SMILES string of the molecule is Cc1nc(-c2nccs2)ncc1C(=O)Nn1ccc2nc(C(F)F)ccc21. The summed E-state index contributed by atoms with van der Waals surface area (Å²) in [6, 6.07) is 4.27. The summed E-state index contributed by atoms with van der Waals surface area (Å²) < 4.78 is 26.9. The van der Waals surface area contributed by atoms with Gasteiger partial charge in [-0.3, -0.25) is 14.9 Å². The molecule has 0 aromatic carbocycles. The third kappa shape index (κ3) is 3.26. The van der Waals surface area contributed by atoms with Crippen LogP contribution in [0.25, 0.3) is 21.9 Å². The number of nitrogens with one attached hydrogen (secondary N) is 1. The van der Waals surface area contributed by atoms with E-state index >= 15 is 0 Å². The van der Waals surface area contributed by atoms with Gasteiger partial charge in [0.05, 0.1) is 22.3 Å². The van der Waals surface area contributed by atoms with Gasteiger partial charge in [0.25, 0.3) is 12.3 Å². The van der Waals surface area contributed by atoms with Crippen LogP contribution < -0.4 is 5.43 Å². The Kier molecular flexibility index (Phi) is 4.32. The average molecular weight is 386 g/mol. The minimum Gasteiger partial charge on any atom is -0.267 e. The number of hydrogen-bond donors (Lipinski definition) is 1. The Morgan fingerprint density at radius 1 is 1.22 bits per heavy atom. The maximum atomic E-state index is 12.8. The number of amides is 1. The molecule has 0 aliphatic rings. The molecule has 1 amide bonds. The fourth-order valence-corrected chi connectivity index (χ4v) is 3.13. The number of aryl methyl sites for hydroxylation is 1. The van der Waals surface area contributed by atoms with E-state index in [1.807, 2.05) is 5.38 Å². The minimum atomic E-state index is -2.65. The lowest BCUT2D eigenvalue weighted by atomic mass is 10.2. The molecule has 27 heavy (non-hydrogen) atoms. The van der Waals surface area contributed by atoms with E-state index in [4.69, 9.17) is 0 Å². The molecule has 4 aromatic heterocycles. The molecular formula is C17H12F2N6OS. The first-order valence-corrected chi connectivity index (χ1v) is 8.72. The van der Waals surface area contributed by atoms with Gasteiger partial charge in [-0.25, -0.2) is 28.7 Å². The highest BCUT2D eigenvalue weighted by atomic mass is 32.1. The van der Waals surface area contributed by atoms with E-state index in [1.54, 1.807) is 25.4 Å². The highest BCUT2D eigenvalue weighted by Gasteiger charge is 2.16. The zero-order chi connectivity index (χ0) is 19.0. The topological polar surface area (TPSA) is 85.6 Å². The summed E-state index contributed by atoms with van der Waals surface area (Å²) in [7, 11) is 0. The number of thiazole rings is 1. The Labute approximate surface area is 155 Å². The van der Waals surface area contributed by atoms with Gasteiger partial charge >= 0.3 is 0 Å². The number of nitrogens with zero attached hydrogens (tertiary/aromatic N) is 5. The molecule has 1 N–H and O–H groups in total. The van der Waals surface area contributed by atoms with Crippen LogP contribution >= 0.6 is 11.3 Å². The van der Waals surface area contributed by atoms with E-state index in [0.29, 0.717) is 33.1 Å². The molecule has 0 radical (unpaired) electrons. The standard InChI is InChI=1S/C17H12F2N6OS/c1-9-10(8-21-15(22-9)17-20-5-7-27-17)16(26)24-25-6-4-11-13(25)3-2-12(23-11)14(18)19/h2-8,14H,1H3,(H,24,26).